The molecule has 1 aromatic carbocycles. The van der Waals surface area contributed by atoms with Crippen molar-refractivity contribution in [2.75, 3.05) is 0 Å². The van der Waals surface area contributed by atoms with Crippen molar-refractivity contribution in [2.24, 2.45) is 5.73 Å². The van der Waals surface area contributed by atoms with Crippen LogP contribution in [0.2, 0.25) is 5.02 Å². The normalized spacial score (nSPS) is 17.5. The molecule has 88 valence electrons. The first-order chi connectivity index (χ1) is 7.43. The SMILES string of the molecule is Cc1cc(Cl)c(C)c(CCC2(N)CC2)c1O. The molecule has 16 heavy (non-hydrogen) atoms. The van der Waals surface area contributed by atoms with E-state index in [1.54, 1.807) is 0 Å². The lowest BCUT2D eigenvalue weighted by Crippen LogP contribution is -2.22. The van der Waals surface area contributed by atoms with Gasteiger partial charge in [-0.05, 0) is 62.3 Å². The van der Waals surface area contributed by atoms with Crippen LogP contribution in [0.25, 0.3) is 0 Å². The Bertz CT molecular complexity index is 398. The van der Waals surface area contributed by atoms with E-state index in [9.17, 15) is 5.11 Å². The van der Waals surface area contributed by atoms with Crippen LogP contribution in [0.15, 0.2) is 6.07 Å². The molecule has 2 nitrogen and oxygen atoms in total. The molecule has 0 atom stereocenters. The van der Waals surface area contributed by atoms with Gasteiger partial charge >= 0.3 is 0 Å². The summed E-state index contributed by atoms with van der Waals surface area (Å²) in [4.78, 5) is 0. The number of benzene rings is 1. The number of hydrogen-bond donors (Lipinski definition) is 2. The van der Waals surface area contributed by atoms with E-state index in [2.05, 4.69) is 0 Å². The number of phenolic OH excluding ortho intramolecular Hbond substituents is 1. The second-order valence-corrected chi connectivity index (χ2v) is 5.40. The number of rotatable bonds is 3. The van der Waals surface area contributed by atoms with Gasteiger partial charge < -0.3 is 10.8 Å². The molecule has 1 aliphatic carbocycles. The van der Waals surface area contributed by atoms with E-state index < -0.39 is 0 Å². The standard InChI is InChI=1S/C13H18ClNO/c1-8-7-11(14)9(2)10(12(8)16)3-4-13(15)5-6-13/h7,16H,3-6,15H2,1-2H3. The van der Waals surface area contributed by atoms with E-state index in [-0.39, 0.29) is 5.54 Å². The van der Waals surface area contributed by atoms with E-state index in [4.69, 9.17) is 17.3 Å². The number of hydrogen-bond acceptors (Lipinski definition) is 2. The number of aromatic hydroxyl groups is 1. The summed E-state index contributed by atoms with van der Waals surface area (Å²) >= 11 is 6.11. The minimum atomic E-state index is 0.0229. The molecule has 1 aliphatic rings. The predicted octanol–water partition coefficient (Wildman–Crippen LogP) is 3.09. The van der Waals surface area contributed by atoms with Gasteiger partial charge in [0, 0.05) is 10.6 Å². The maximum absolute atomic E-state index is 10.0. The van der Waals surface area contributed by atoms with Gasteiger partial charge in [-0.15, -0.1) is 0 Å². The Morgan fingerprint density at radius 1 is 1.44 bits per heavy atom. The fourth-order valence-electron chi connectivity index (χ4n) is 2.02. The Hall–Kier alpha value is -0.730. The molecule has 0 aromatic heterocycles. The van der Waals surface area contributed by atoms with E-state index in [0.29, 0.717) is 5.75 Å². The maximum Gasteiger partial charge on any atom is 0.122 e. The highest BCUT2D eigenvalue weighted by Crippen LogP contribution is 2.39. The Kier molecular flexibility index (Phi) is 2.89. The van der Waals surface area contributed by atoms with Crippen molar-refractivity contribution in [1.82, 2.24) is 0 Å². The summed E-state index contributed by atoms with van der Waals surface area (Å²) in [6.07, 6.45) is 3.95. The first-order valence-corrected chi connectivity index (χ1v) is 6.07. The van der Waals surface area contributed by atoms with Gasteiger partial charge in [0.05, 0.1) is 0 Å². The molecule has 0 spiro atoms. The molecule has 0 bridgehead atoms. The Labute approximate surface area is 101 Å². The summed E-state index contributed by atoms with van der Waals surface area (Å²) in [5.74, 6) is 0.381. The number of nitrogens with two attached hydrogens (primary N) is 1. The van der Waals surface area contributed by atoms with Crippen LogP contribution in [-0.2, 0) is 6.42 Å². The molecule has 0 unspecified atom stereocenters. The fourth-order valence-corrected chi connectivity index (χ4v) is 2.29. The zero-order valence-electron chi connectivity index (χ0n) is 9.81. The molecule has 0 aliphatic heterocycles. The third kappa shape index (κ3) is 2.18. The van der Waals surface area contributed by atoms with Crippen molar-refractivity contribution < 1.29 is 5.11 Å². The molecule has 0 radical (unpaired) electrons. The Balaban J connectivity index is 2.24. The number of halogens is 1. The molecule has 0 saturated heterocycles. The van der Waals surface area contributed by atoms with Crippen molar-refractivity contribution in [2.45, 2.75) is 45.1 Å². The van der Waals surface area contributed by atoms with Crippen LogP contribution in [-0.4, -0.2) is 10.6 Å². The maximum atomic E-state index is 10.0. The van der Waals surface area contributed by atoms with E-state index >= 15 is 0 Å². The summed E-state index contributed by atoms with van der Waals surface area (Å²) in [6, 6.07) is 1.81. The van der Waals surface area contributed by atoms with Crippen molar-refractivity contribution in [3.8, 4) is 5.75 Å². The largest absolute Gasteiger partial charge is 0.507 e. The van der Waals surface area contributed by atoms with Crippen LogP contribution in [0.3, 0.4) is 0 Å². The third-order valence-electron chi connectivity index (χ3n) is 3.58. The van der Waals surface area contributed by atoms with Gasteiger partial charge in [-0.3, -0.25) is 0 Å². The molecular formula is C13H18ClNO. The van der Waals surface area contributed by atoms with Gasteiger partial charge in [0.15, 0.2) is 0 Å². The quantitative estimate of drug-likeness (QED) is 0.852. The van der Waals surface area contributed by atoms with E-state index in [1.807, 2.05) is 19.9 Å². The lowest BCUT2D eigenvalue weighted by molar-refractivity contribution is 0.459. The van der Waals surface area contributed by atoms with Crippen LogP contribution in [0, 0.1) is 13.8 Å². The van der Waals surface area contributed by atoms with Crippen LogP contribution in [0.1, 0.15) is 36.0 Å². The highest BCUT2D eigenvalue weighted by Gasteiger charge is 2.37. The number of phenols is 1. The van der Waals surface area contributed by atoms with E-state index in [1.165, 1.54) is 0 Å². The van der Waals surface area contributed by atoms with Crippen LogP contribution >= 0.6 is 11.6 Å². The molecule has 2 rings (SSSR count). The summed E-state index contributed by atoms with van der Waals surface area (Å²) in [5, 5.41) is 10.7. The molecule has 1 aromatic rings. The smallest absolute Gasteiger partial charge is 0.122 e. The van der Waals surface area contributed by atoms with Gasteiger partial charge in [0.2, 0.25) is 0 Å². The molecule has 1 fully saturated rings. The van der Waals surface area contributed by atoms with Crippen molar-refractivity contribution in [3.63, 3.8) is 0 Å². The summed E-state index contributed by atoms with van der Waals surface area (Å²) in [5.41, 5.74) is 8.86. The monoisotopic (exact) mass is 239 g/mol. The summed E-state index contributed by atoms with van der Waals surface area (Å²) in [7, 11) is 0. The van der Waals surface area contributed by atoms with Crippen molar-refractivity contribution >= 4 is 11.6 Å². The molecule has 0 heterocycles. The Morgan fingerprint density at radius 3 is 2.62 bits per heavy atom. The number of aryl methyl sites for hydroxylation is 1. The van der Waals surface area contributed by atoms with Crippen molar-refractivity contribution in [3.05, 3.63) is 27.8 Å². The van der Waals surface area contributed by atoms with Gasteiger partial charge in [0.1, 0.15) is 5.75 Å². The van der Waals surface area contributed by atoms with Crippen molar-refractivity contribution in [1.29, 1.82) is 0 Å². The van der Waals surface area contributed by atoms with Crippen LogP contribution < -0.4 is 5.73 Å². The van der Waals surface area contributed by atoms with Gasteiger partial charge in [-0.2, -0.15) is 0 Å². The van der Waals surface area contributed by atoms with Gasteiger partial charge in [-0.25, -0.2) is 0 Å². The first-order valence-electron chi connectivity index (χ1n) is 5.69. The molecule has 3 N–H and O–H groups in total. The first kappa shape index (κ1) is 11.7. The fraction of sp³-hybridized carbons (Fsp3) is 0.538. The highest BCUT2D eigenvalue weighted by atomic mass is 35.5. The molecule has 0 amide bonds. The van der Waals surface area contributed by atoms with E-state index in [0.717, 1.165) is 47.4 Å². The second-order valence-electron chi connectivity index (χ2n) is 4.99. The predicted molar refractivity (Wildman–Crippen MR) is 67.1 cm³/mol. The minimum absolute atomic E-state index is 0.0229. The molecular weight excluding hydrogens is 222 g/mol. The Morgan fingerprint density at radius 2 is 2.06 bits per heavy atom. The van der Waals surface area contributed by atoms with Gasteiger partial charge in [0.25, 0.3) is 0 Å². The molecule has 1 saturated carbocycles. The zero-order valence-corrected chi connectivity index (χ0v) is 10.6. The summed E-state index contributed by atoms with van der Waals surface area (Å²) in [6.45, 7) is 3.83. The van der Waals surface area contributed by atoms with Crippen LogP contribution in [0.4, 0.5) is 0 Å². The average molecular weight is 240 g/mol. The van der Waals surface area contributed by atoms with Gasteiger partial charge in [-0.1, -0.05) is 11.6 Å². The topological polar surface area (TPSA) is 46.2 Å². The minimum Gasteiger partial charge on any atom is -0.507 e. The molecule has 3 heteroatoms. The third-order valence-corrected chi connectivity index (χ3v) is 3.97. The summed E-state index contributed by atoms with van der Waals surface area (Å²) < 4.78 is 0. The lowest BCUT2D eigenvalue weighted by atomic mass is 9.97. The average Bonchev–Trinajstić information content (AvgIpc) is 2.94. The zero-order chi connectivity index (χ0) is 11.9. The van der Waals surface area contributed by atoms with Crippen LogP contribution in [0.5, 0.6) is 5.75 Å². The highest BCUT2D eigenvalue weighted by molar-refractivity contribution is 6.31. The second kappa shape index (κ2) is 3.94. The lowest BCUT2D eigenvalue weighted by Gasteiger charge is -2.14.